The van der Waals surface area contributed by atoms with Gasteiger partial charge in [0, 0.05) is 12.1 Å². The van der Waals surface area contributed by atoms with Crippen molar-refractivity contribution < 1.29 is 31.8 Å². The van der Waals surface area contributed by atoms with Gasteiger partial charge in [0.25, 0.3) is 15.8 Å². The molecule has 0 fully saturated rings. The van der Waals surface area contributed by atoms with E-state index in [1.807, 2.05) is 0 Å². The van der Waals surface area contributed by atoms with Crippen LogP contribution in [0.3, 0.4) is 0 Å². The molecule has 11 heteroatoms. The first-order chi connectivity index (χ1) is 8.59. The van der Waals surface area contributed by atoms with Crippen molar-refractivity contribution in [2.45, 2.75) is 6.16 Å². The number of nitro benzene ring substituents is 1. The fourth-order valence-corrected chi connectivity index (χ4v) is 2.66. The van der Waals surface area contributed by atoms with E-state index in [-0.39, 0.29) is 11.3 Å². The van der Waals surface area contributed by atoms with Crippen molar-refractivity contribution in [3.05, 3.63) is 39.9 Å². The Labute approximate surface area is 108 Å². The maximum Gasteiger partial charge on any atom is 0.361 e. The van der Waals surface area contributed by atoms with Gasteiger partial charge >= 0.3 is 7.60 Å². The Morgan fingerprint density at radius 2 is 2.11 bits per heavy atom. The minimum atomic E-state index is -4.38. The third-order valence-corrected chi connectivity index (χ3v) is 3.26. The zero-order chi connectivity index (χ0) is 14.7. The lowest BCUT2D eigenvalue weighted by Crippen LogP contribution is -2.03. The zero-order valence-corrected chi connectivity index (χ0v) is 11.3. The van der Waals surface area contributed by atoms with E-state index in [0.717, 1.165) is 6.07 Å². The smallest absolute Gasteiger partial charge is 0.323 e. The highest BCUT2D eigenvalue weighted by Gasteiger charge is 2.25. The van der Waals surface area contributed by atoms with Crippen LogP contribution >= 0.6 is 7.60 Å². The highest BCUT2D eigenvalue weighted by atomic mass is 32.2. The van der Waals surface area contributed by atoms with Crippen molar-refractivity contribution in [2.24, 2.45) is 0 Å². The summed E-state index contributed by atoms with van der Waals surface area (Å²) in [5, 5.41) is 10.5. The summed E-state index contributed by atoms with van der Waals surface area (Å²) in [6.45, 7) is 0. The second-order valence-electron chi connectivity index (χ2n) is 3.57. The lowest BCUT2D eigenvalue weighted by molar-refractivity contribution is -0.384. The van der Waals surface area contributed by atoms with Crippen LogP contribution in [0.4, 0.5) is 5.69 Å². The van der Waals surface area contributed by atoms with E-state index < -0.39 is 28.8 Å². The van der Waals surface area contributed by atoms with Crippen molar-refractivity contribution in [1.82, 2.24) is 0 Å². The van der Waals surface area contributed by atoms with Gasteiger partial charge in [-0.25, -0.2) is 0 Å². The predicted molar refractivity (Wildman–Crippen MR) is 63.6 cm³/mol. The summed E-state index contributed by atoms with van der Waals surface area (Å²) < 4.78 is 40.4. The molecule has 0 saturated heterocycles. The van der Waals surface area contributed by atoms with Crippen LogP contribution in [0, 0.1) is 10.1 Å². The predicted octanol–water partition coefficient (Wildman–Crippen LogP) is 1.19. The van der Waals surface area contributed by atoms with Crippen LogP contribution in [-0.4, -0.2) is 24.5 Å². The fraction of sp³-hybridized carbons (Fsp3) is 0.250. The average molecular weight is 311 g/mol. The topological polar surface area (TPSA) is 133 Å². The quantitative estimate of drug-likeness (QED) is 0.358. The van der Waals surface area contributed by atoms with Crippen LogP contribution in [-0.2, 0) is 29.9 Å². The molecule has 1 aromatic carbocycles. The van der Waals surface area contributed by atoms with Crippen molar-refractivity contribution in [3.8, 4) is 0 Å². The average Bonchev–Trinajstić information content (AvgIpc) is 2.25. The standard InChI is InChI=1S/C8H10NO8PS/c1-19(14,15)17-16-18(12,13)6-7-3-2-4-8(5-7)9(10)11/h2-5H,6H2,1H3,(H,12,13). The molecule has 0 aliphatic carbocycles. The third kappa shape index (κ3) is 5.90. The fourth-order valence-electron chi connectivity index (χ4n) is 1.13. The number of hydrogen-bond donors (Lipinski definition) is 1. The lowest BCUT2D eigenvalue weighted by atomic mass is 10.2. The van der Waals surface area contributed by atoms with E-state index in [0.29, 0.717) is 6.26 Å². The number of benzene rings is 1. The molecule has 1 N–H and O–H groups in total. The molecule has 0 radical (unpaired) electrons. The van der Waals surface area contributed by atoms with Gasteiger partial charge in [-0.3, -0.25) is 14.7 Å². The summed E-state index contributed by atoms with van der Waals surface area (Å²) in [6.07, 6.45) is 0.0184. The van der Waals surface area contributed by atoms with E-state index in [2.05, 4.69) is 9.01 Å². The van der Waals surface area contributed by atoms with E-state index in [1.165, 1.54) is 18.2 Å². The molecular formula is C8H10NO8PS. The van der Waals surface area contributed by atoms with Crippen LogP contribution in [0.25, 0.3) is 0 Å². The minimum Gasteiger partial charge on any atom is -0.323 e. The molecule has 19 heavy (non-hydrogen) atoms. The monoisotopic (exact) mass is 311 g/mol. The molecule has 0 aliphatic heterocycles. The molecule has 0 bridgehead atoms. The van der Waals surface area contributed by atoms with Crippen LogP contribution in [0.2, 0.25) is 0 Å². The Morgan fingerprint density at radius 1 is 1.47 bits per heavy atom. The van der Waals surface area contributed by atoms with Gasteiger partial charge in [0.05, 0.1) is 17.3 Å². The number of nitrogens with zero attached hydrogens (tertiary/aromatic N) is 1. The SMILES string of the molecule is CS(=O)(=O)OOP(=O)(O)Cc1cccc([N+](=O)[O-])c1. The highest BCUT2D eigenvalue weighted by Crippen LogP contribution is 2.46. The molecule has 0 amide bonds. The molecule has 0 saturated carbocycles. The third-order valence-electron chi connectivity index (χ3n) is 1.77. The highest BCUT2D eigenvalue weighted by molar-refractivity contribution is 7.86. The molecule has 1 unspecified atom stereocenters. The number of non-ortho nitro benzene ring substituents is 1. The van der Waals surface area contributed by atoms with E-state index in [1.54, 1.807) is 0 Å². The van der Waals surface area contributed by atoms with Gasteiger partial charge in [0.15, 0.2) is 0 Å². The summed E-state index contributed by atoms with van der Waals surface area (Å²) in [6, 6.07) is 4.97. The van der Waals surface area contributed by atoms with Gasteiger partial charge in [-0.1, -0.05) is 16.5 Å². The number of hydrogen-bond acceptors (Lipinski definition) is 7. The van der Waals surface area contributed by atoms with E-state index in [9.17, 15) is 28.0 Å². The first-order valence-electron chi connectivity index (χ1n) is 4.72. The maximum absolute atomic E-state index is 11.5. The molecule has 1 aromatic rings. The summed E-state index contributed by atoms with van der Waals surface area (Å²) >= 11 is 0. The van der Waals surface area contributed by atoms with Gasteiger partial charge in [0.2, 0.25) is 0 Å². The van der Waals surface area contributed by atoms with Crippen LogP contribution in [0.5, 0.6) is 0 Å². The second kappa shape index (κ2) is 5.76. The summed E-state index contributed by atoms with van der Waals surface area (Å²) in [4.78, 5) is 19.2. The molecule has 1 rings (SSSR count). The van der Waals surface area contributed by atoms with Gasteiger partial charge in [-0.05, 0) is 5.56 Å². The molecule has 9 nitrogen and oxygen atoms in total. The van der Waals surface area contributed by atoms with Crippen LogP contribution in [0.1, 0.15) is 5.56 Å². The van der Waals surface area contributed by atoms with Gasteiger partial charge < -0.3 is 4.89 Å². The van der Waals surface area contributed by atoms with Gasteiger partial charge in [-0.15, -0.1) is 4.67 Å². The van der Waals surface area contributed by atoms with Crippen LogP contribution in [0.15, 0.2) is 24.3 Å². The van der Waals surface area contributed by atoms with Crippen molar-refractivity contribution in [1.29, 1.82) is 0 Å². The minimum absolute atomic E-state index is 0.136. The molecule has 0 aromatic heterocycles. The largest absolute Gasteiger partial charge is 0.361 e. The number of rotatable bonds is 6. The number of nitro groups is 1. The summed E-state index contributed by atoms with van der Waals surface area (Å²) in [5.74, 6) is 0. The Hall–Kier alpha value is -1.32. The van der Waals surface area contributed by atoms with Crippen molar-refractivity contribution in [2.75, 3.05) is 6.26 Å². The molecule has 1 atom stereocenters. The summed E-state index contributed by atoms with van der Waals surface area (Å²) in [7, 11) is -8.42. The normalized spacial score (nSPS) is 14.8. The Morgan fingerprint density at radius 3 is 2.63 bits per heavy atom. The Balaban J connectivity index is 2.80. The lowest BCUT2D eigenvalue weighted by Gasteiger charge is -2.09. The van der Waals surface area contributed by atoms with Gasteiger partial charge in [-0.2, -0.15) is 8.42 Å². The zero-order valence-electron chi connectivity index (χ0n) is 9.62. The Kier molecular flexibility index (Phi) is 4.77. The molecular weight excluding hydrogens is 301 g/mol. The van der Waals surface area contributed by atoms with E-state index >= 15 is 0 Å². The molecule has 0 spiro atoms. The molecule has 106 valence electrons. The van der Waals surface area contributed by atoms with Crippen LogP contribution < -0.4 is 0 Å². The second-order valence-corrected chi connectivity index (χ2v) is 6.85. The Bertz CT molecular complexity index is 627. The molecule has 0 aliphatic rings. The van der Waals surface area contributed by atoms with Gasteiger partial charge in [0.1, 0.15) is 0 Å². The maximum atomic E-state index is 11.5. The van der Waals surface area contributed by atoms with Crippen molar-refractivity contribution >= 4 is 23.4 Å². The van der Waals surface area contributed by atoms with Crippen molar-refractivity contribution in [3.63, 3.8) is 0 Å². The molecule has 0 heterocycles. The first kappa shape index (κ1) is 15.7. The summed E-state index contributed by atoms with van der Waals surface area (Å²) in [5.41, 5.74) is -0.126. The first-order valence-corrected chi connectivity index (χ1v) is 8.30. The van der Waals surface area contributed by atoms with E-state index in [4.69, 9.17) is 0 Å².